The minimum Gasteiger partial charge on any atom is -0.388 e. The third-order valence-corrected chi connectivity index (χ3v) is 2.28. The summed E-state index contributed by atoms with van der Waals surface area (Å²) < 4.78 is 0. The Hall–Kier alpha value is -1.40. The van der Waals surface area contributed by atoms with Crippen LogP contribution >= 0.6 is 0 Å². The fraction of sp³-hybridized carbons (Fsp3) is 0.500. The van der Waals surface area contributed by atoms with Crippen LogP contribution in [0.3, 0.4) is 0 Å². The molecule has 1 amide bonds. The Bertz CT molecular complexity index is 315. The highest BCUT2D eigenvalue weighted by molar-refractivity contribution is 5.92. The van der Waals surface area contributed by atoms with E-state index in [1.807, 2.05) is 0 Å². The Balaban J connectivity index is 2.07. The zero-order valence-corrected chi connectivity index (χ0v) is 7.42. The fourth-order valence-electron chi connectivity index (χ4n) is 1.48. The van der Waals surface area contributed by atoms with Crippen molar-refractivity contribution in [1.29, 1.82) is 0 Å². The summed E-state index contributed by atoms with van der Waals surface area (Å²) in [4.78, 5) is 13.0. The number of hydrogen-bond donors (Lipinski definition) is 3. The minimum absolute atomic E-state index is 0.166. The highest BCUT2D eigenvalue weighted by Gasteiger charge is 2.33. The topological polar surface area (TPSA) is 89.5 Å². The number of aliphatic hydroxyl groups is 2. The SMILES string of the molecule is O=C(c1ccn[nH]1)N1C[C@@H](O)[C@@H](O)C1. The van der Waals surface area contributed by atoms with Gasteiger partial charge in [0.05, 0.1) is 12.2 Å². The Morgan fingerprint density at radius 1 is 1.50 bits per heavy atom. The Kier molecular flexibility index (Phi) is 2.22. The summed E-state index contributed by atoms with van der Waals surface area (Å²) in [5.41, 5.74) is 0.367. The zero-order chi connectivity index (χ0) is 10.1. The first-order valence-corrected chi connectivity index (χ1v) is 4.33. The summed E-state index contributed by atoms with van der Waals surface area (Å²) in [6.45, 7) is 0.331. The molecule has 14 heavy (non-hydrogen) atoms. The molecule has 2 rings (SSSR count). The number of nitrogens with one attached hydrogen (secondary N) is 1. The zero-order valence-electron chi connectivity index (χ0n) is 7.42. The number of β-amino-alcohol motifs (C(OH)–C–C–N with tert-alkyl or cyclic N) is 2. The van der Waals surface area contributed by atoms with Crippen molar-refractivity contribution in [2.45, 2.75) is 12.2 Å². The lowest BCUT2D eigenvalue weighted by Crippen LogP contribution is -2.30. The minimum atomic E-state index is -0.845. The van der Waals surface area contributed by atoms with E-state index in [9.17, 15) is 15.0 Å². The monoisotopic (exact) mass is 197 g/mol. The third-order valence-electron chi connectivity index (χ3n) is 2.28. The molecule has 0 spiro atoms. The molecule has 1 aliphatic heterocycles. The van der Waals surface area contributed by atoms with E-state index in [-0.39, 0.29) is 19.0 Å². The van der Waals surface area contributed by atoms with E-state index in [2.05, 4.69) is 10.2 Å². The molecule has 1 aromatic rings. The number of hydrogen-bond acceptors (Lipinski definition) is 4. The van der Waals surface area contributed by atoms with E-state index in [1.54, 1.807) is 6.07 Å². The molecule has 2 heterocycles. The molecule has 3 N–H and O–H groups in total. The number of aromatic nitrogens is 2. The second kappa shape index (κ2) is 3.39. The molecular formula is C8H11N3O3. The van der Waals surface area contributed by atoms with Gasteiger partial charge in [-0.25, -0.2) is 0 Å². The lowest BCUT2D eigenvalue weighted by atomic mass is 10.3. The van der Waals surface area contributed by atoms with Crippen molar-refractivity contribution >= 4 is 5.91 Å². The van der Waals surface area contributed by atoms with Crippen molar-refractivity contribution < 1.29 is 15.0 Å². The van der Waals surface area contributed by atoms with Crippen LogP contribution < -0.4 is 0 Å². The van der Waals surface area contributed by atoms with Gasteiger partial charge in [0, 0.05) is 19.3 Å². The number of carbonyl (C=O) groups is 1. The summed E-state index contributed by atoms with van der Waals surface area (Å²) in [6, 6.07) is 1.55. The van der Waals surface area contributed by atoms with E-state index in [0.29, 0.717) is 5.69 Å². The van der Waals surface area contributed by atoms with Crippen molar-refractivity contribution in [3.63, 3.8) is 0 Å². The Morgan fingerprint density at radius 3 is 2.64 bits per heavy atom. The van der Waals surface area contributed by atoms with Crippen LogP contribution in [0.5, 0.6) is 0 Å². The van der Waals surface area contributed by atoms with Gasteiger partial charge in [-0.1, -0.05) is 0 Å². The lowest BCUT2D eigenvalue weighted by molar-refractivity contribution is 0.0572. The number of likely N-dealkylation sites (tertiary alicyclic amines) is 1. The smallest absolute Gasteiger partial charge is 0.272 e. The highest BCUT2D eigenvalue weighted by Crippen LogP contribution is 2.12. The molecule has 1 saturated heterocycles. The fourth-order valence-corrected chi connectivity index (χ4v) is 1.48. The van der Waals surface area contributed by atoms with Crippen LogP contribution in [0.4, 0.5) is 0 Å². The lowest BCUT2D eigenvalue weighted by Gasteiger charge is -2.13. The van der Waals surface area contributed by atoms with Crippen LogP contribution in [0.1, 0.15) is 10.5 Å². The van der Waals surface area contributed by atoms with Gasteiger partial charge in [0.2, 0.25) is 0 Å². The van der Waals surface area contributed by atoms with Gasteiger partial charge < -0.3 is 15.1 Å². The third kappa shape index (κ3) is 1.49. The molecule has 1 aromatic heterocycles. The first kappa shape index (κ1) is 9.17. The van der Waals surface area contributed by atoms with Gasteiger partial charge in [-0.05, 0) is 6.07 Å². The number of aromatic amines is 1. The molecule has 6 heteroatoms. The van der Waals surface area contributed by atoms with E-state index < -0.39 is 12.2 Å². The average Bonchev–Trinajstić information content (AvgIpc) is 2.76. The van der Waals surface area contributed by atoms with Crippen molar-refractivity contribution in [2.24, 2.45) is 0 Å². The molecule has 0 aliphatic carbocycles. The second-order valence-electron chi connectivity index (χ2n) is 3.32. The first-order chi connectivity index (χ1) is 6.68. The van der Waals surface area contributed by atoms with Gasteiger partial charge in [0.15, 0.2) is 0 Å². The molecular weight excluding hydrogens is 186 g/mol. The maximum atomic E-state index is 11.6. The van der Waals surface area contributed by atoms with Crippen molar-refractivity contribution in [3.8, 4) is 0 Å². The van der Waals surface area contributed by atoms with Gasteiger partial charge in [-0.2, -0.15) is 5.10 Å². The highest BCUT2D eigenvalue weighted by atomic mass is 16.3. The molecule has 76 valence electrons. The van der Waals surface area contributed by atoms with Crippen molar-refractivity contribution in [1.82, 2.24) is 15.1 Å². The first-order valence-electron chi connectivity index (χ1n) is 4.33. The maximum Gasteiger partial charge on any atom is 0.272 e. The second-order valence-corrected chi connectivity index (χ2v) is 3.32. The van der Waals surface area contributed by atoms with Gasteiger partial charge in [0.25, 0.3) is 5.91 Å². The normalized spacial score (nSPS) is 26.9. The molecule has 2 atom stereocenters. The number of H-pyrrole nitrogens is 1. The number of amides is 1. The molecule has 0 aromatic carbocycles. The standard InChI is InChI=1S/C8H11N3O3/c12-6-3-11(4-7(6)13)8(14)5-1-2-9-10-5/h1-2,6-7,12-13H,3-4H2,(H,9,10)/t6-,7+. The molecule has 0 bridgehead atoms. The molecule has 0 unspecified atom stereocenters. The van der Waals surface area contributed by atoms with Gasteiger partial charge in [0.1, 0.15) is 5.69 Å². The van der Waals surface area contributed by atoms with Crippen LogP contribution in [0.2, 0.25) is 0 Å². The van der Waals surface area contributed by atoms with E-state index in [0.717, 1.165) is 0 Å². The summed E-state index contributed by atoms with van der Waals surface area (Å²) in [5.74, 6) is -0.252. The number of carbonyl (C=O) groups excluding carboxylic acids is 1. The summed E-state index contributed by atoms with van der Waals surface area (Å²) in [7, 11) is 0. The van der Waals surface area contributed by atoms with Crippen LogP contribution in [0.15, 0.2) is 12.3 Å². The Morgan fingerprint density at radius 2 is 2.14 bits per heavy atom. The largest absolute Gasteiger partial charge is 0.388 e. The predicted molar refractivity (Wildman–Crippen MR) is 46.5 cm³/mol. The van der Waals surface area contributed by atoms with E-state index in [1.165, 1.54) is 11.1 Å². The number of aliphatic hydroxyl groups excluding tert-OH is 2. The Labute approximate surface area is 80.2 Å². The van der Waals surface area contributed by atoms with Gasteiger partial charge in [-0.3, -0.25) is 9.89 Å². The number of nitrogens with zero attached hydrogens (tertiary/aromatic N) is 2. The quantitative estimate of drug-likeness (QED) is 0.516. The van der Waals surface area contributed by atoms with E-state index >= 15 is 0 Å². The van der Waals surface area contributed by atoms with Crippen LogP contribution in [0.25, 0.3) is 0 Å². The van der Waals surface area contributed by atoms with Gasteiger partial charge in [-0.15, -0.1) is 0 Å². The predicted octanol–water partition coefficient (Wildman–Crippen LogP) is -1.41. The van der Waals surface area contributed by atoms with Crippen LogP contribution in [-0.2, 0) is 0 Å². The maximum absolute atomic E-state index is 11.6. The average molecular weight is 197 g/mol. The van der Waals surface area contributed by atoms with Crippen molar-refractivity contribution in [3.05, 3.63) is 18.0 Å². The van der Waals surface area contributed by atoms with Gasteiger partial charge >= 0.3 is 0 Å². The molecule has 0 radical (unpaired) electrons. The van der Waals surface area contributed by atoms with Crippen LogP contribution in [0, 0.1) is 0 Å². The molecule has 1 fully saturated rings. The molecule has 6 nitrogen and oxygen atoms in total. The van der Waals surface area contributed by atoms with E-state index in [4.69, 9.17) is 0 Å². The summed E-state index contributed by atoms with van der Waals surface area (Å²) in [5, 5.41) is 24.7. The molecule has 0 saturated carbocycles. The summed E-state index contributed by atoms with van der Waals surface area (Å²) >= 11 is 0. The van der Waals surface area contributed by atoms with Crippen molar-refractivity contribution in [2.75, 3.05) is 13.1 Å². The van der Waals surface area contributed by atoms with Crippen LogP contribution in [-0.4, -0.2) is 56.5 Å². The summed E-state index contributed by atoms with van der Waals surface area (Å²) in [6.07, 6.45) is -0.209. The molecule has 1 aliphatic rings. The number of rotatable bonds is 1.